The molecule has 6 nitrogen and oxygen atoms in total. The van der Waals surface area contributed by atoms with Gasteiger partial charge in [0, 0.05) is 12.6 Å². The molecule has 0 bridgehead atoms. The first kappa shape index (κ1) is 16.9. The second-order valence-electron chi connectivity index (χ2n) is 5.35. The highest BCUT2D eigenvalue weighted by Gasteiger charge is 2.33. The van der Waals surface area contributed by atoms with Crippen molar-refractivity contribution < 1.29 is 24.2 Å². The number of anilines is 1. The predicted molar refractivity (Wildman–Crippen MR) is 87.0 cm³/mol. The molecule has 0 radical (unpaired) electrons. The number of rotatable bonds is 6. The number of carbonyl (C=O) groups excluding carboxylic acids is 1. The molecule has 1 aromatic rings. The third-order valence-electron chi connectivity index (χ3n) is 3.63. The molecule has 1 amide bonds. The number of hydrogen-bond acceptors (Lipinski definition) is 4. The Balaban J connectivity index is 2.51. The van der Waals surface area contributed by atoms with Gasteiger partial charge >= 0.3 is 5.97 Å². The van der Waals surface area contributed by atoms with Gasteiger partial charge in [-0.25, -0.2) is 4.79 Å². The highest BCUT2D eigenvalue weighted by Crippen LogP contribution is 2.43. The monoisotopic (exact) mass is 319 g/mol. The molecular formula is C17H21NO5. The molecule has 124 valence electrons. The molecule has 0 spiro atoms. The summed E-state index contributed by atoms with van der Waals surface area (Å²) in [6.07, 6.45) is 3.77. The maximum Gasteiger partial charge on any atom is 0.328 e. The highest BCUT2D eigenvalue weighted by atomic mass is 16.5. The van der Waals surface area contributed by atoms with Crippen molar-refractivity contribution in [3.63, 3.8) is 0 Å². The van der Waals surface area contributed by atoms with Crippen LogP contribution in [0.5, 0.6) is 11.5 Å². The zero-order valence-corrected chi connectivity index (χ0v) is 13.5. The smallest absolute Gasteiger partial charge is 0.328 e. The van der Waals surface area contributed by atoms with E-state index in [0.717, 1.165) is 18.9 Å². The van der Waals surface area contributed by atoms with Gasteiger partial charge in [-0.15, -0.1) is 0 Å². The number of amides is 1. The molecule has 1 unspecified atom stereocenters. The molecule has 2 rings (SSSR count). The number of aliphatic carboxylic acids is 1. The lowest BCUT2D eigenvalue weighted by Crippen LogP contribution is -2.45. The summed E-state index contributed by atoms with van der Waals surface area (Å²) >= 11 is 0. The lowest BCUT2D eigenvalue weighted by molar-refractivity contribution is -0.131. The SMILES string of the molecule is CCCCN1C(=O)C(C)Oc2c(OC)cc(/C=C/C(=O)O)cc21. The van der Waals surface area contributed by atoms with Crippen LogP contribution >= 0.6 is 0 Å². The van der Waals surface area contributed by atoms with Crippen LogP contribution in [0.25, 0.3) is 6.08 Å². The van der Waals surface area contributed by atoms with E-state index in [0.29, 0.717) is 29.3 Å². The van der Waals surface area contributed by atoms with Crippen LogP contribution in [0.15, 0.2) is 18.2 Å². The fourth-order valence-electron chi connectivity index (χ4n) is 2.45. The van der Waals surface area contributed by atoms with Crippen molar-refractivity contribution in [1.82, 2.24) is 0 Å². The Labute approximate surface area is 135 Å². The van der Waals surface area contributed by atoms with E-state index >= 15 is 0 Å². The summed E-state index contributed by atoms with van der Waals surface area (Å²) in [5.41, 5.74) is 1.25. The van der Waals surface area contributed by atoms with Crippen LogP contribution in [-0.4, -0.2) is 36.7 Å². The standard InChI is InChI=1S/C17H21NO5/c1-4-5-8-18-13-9-12(6-7-15(19)20)10-14(22-3)16(13)23-11(2)17(18)21/h6-7,9-11H,4-5,8H2,1-3H3,(H,19,20)/b7-6+. The second-order valence-corrected chi connectivity index (χ2v) is 5.35. The van der Waals surface area contributed by atoms with Gasteiger partial charge in [0.05, 0.1) is 12.8 Å². The summed E-state index contributed by atoms with van der Waals surface area (Å²) in [6.45, 7) is 4.36. The fraction of sp³-hybridized carbons (Fsp3) is 0.412. The van der Waals surface area contributed by atoms with Crippen LogP contribution in [0.4, 0.5) is 5.69 Å². The maximum atomic E-state index is 12.4. The van der Waals surface area contributed by atoms with Crippen molar-refractivity contribution in [2.45, 2.75) is 32.8 Å². The number of carboxylic acids is 1. The van der Waals surface area contributed by atoms with Crippen molar-refractivity contribution in [2.24, 2.45) is 0 Å². The number of carbonyl (C=O) groups is 2. The summed E-state index contributed by atoms with van der Waals surface area (Å²) in [5.74, 6) is -0.144. The molecule has 0 saturated heterocycles. The Hall–Kier alpha value is -2.50. The Morgan fingerprint density at radius 2 is 2.22 bits per heavy atom. The number of hydrogen-bond donors (Lipinski definition) is 1. The molecule has 23 heavy (non-hydrogen) atoms. The summed E-state index contributed by atoms with van der Waals surface area (Å²) in [4.78, 5) is 24.8. The van der Waals surface area contributed by atoms with Gasteiger partial charge in [0.1, 0.15) is 0 Å². The average Bonchev–Trinajstić information content (AvgIpc) is 2.53. The summed E-state index contributed by atoms with van der Waals surface area (Å²) in [7, 11) is 1.52. The van der Waals surface area contributed by atoms with Crippen LogP contribution in [0.1, 0.15) is 32.3 Å². The van der Waals surface area contributed by atoms with Crippen LogP contribution in [0.2, 0.25) is 0 Å². The first-order chi connectivity index (χ1) is 11.0. The third kappa shape index (κ3) is 3.64. The number of benzene rings is 1. The molecule has 0 aromatic heterocycles. The average molecular weight is 319 g/mol. The van der Waals surface area contributed by atoms with Crippen LogP contribution in [0.3, 0.4) is 0 Å². The Morgan fingerprint density at radius 3 is 2.83 bits per heavy atom. The zero-order chi connectivity index (χ0) is 17.0. The van der Waals surface area contributed by atoms with Crippen molar-refractivity contribution in [3.8, 4) is 11.5 Å². The van der Waals surface area contributed by atoms with Gasteiger partial charge in [-0.2, -0.15) is 0 Å². The number of fused-ring (bicyclic) bond motifs is 1. The number of unbranched alkanes of at least 4 members (excludes halogenated alkanes) is 1. The van der Waals surface area contributed by atoms with Gasteiger partial charge < -0.3 is 19.5 Å². The van der Waals surface area contributed by atoms with E-state index in [4.69, 9.17) is 14.6 Å². The van der Waals surface area contributed by atoms with Gasteiger partial charge in [-0.05, 0) is 37.1 Å². The number of methoxy groups -OCH3 is 1. The van der Waals surface area contributed by atoms with Crippen LogP contribution in [0, 0.1) is 0 Å². The normalized spacial score (nSPS) is 17.1. The minimum atomic E-state index is -1.04. The van der Waals surface area contributed by atoms with Crippen molar-refractivity contribution in [2.75, 3.05) is 18.6 Å². The number of ether oxygens (including phenoxy) is 2. The number of nitrogens with zero attached hydrogens (tertiary/aromatic N) is 1. The predicted octanol–water partition coefficient (Wildman–Crippen LogP) is 2.71. The first-order valence-corrected chi connectivity index (χ1v) is 7.59. The minimum absolute atomic E-state index is 0.104. The second kappa shape index (κ2) is 7.17. The molecule has 1 aliphatic rings. The Morgan fingerprint density at radius 1 is 1.48 bits per heavy atom. The molecule has 1 aromatic carbocycles. The van der Waals surface area contributed by atoms with Gasteiger partial charge in [0.15, 0.2) is 17.6 Å². The Kier molecular flexibility index (Phi) is 5.26. The lowest BCUT2D eigenvalue weighted by Gasteiger charge is -2.34. The molecule has 6 heteroatoms. The van der Waals surface area contributed by atoms with E-state index in [1.807, 2.05) is 0 Å². The van der Waals surface area contributed by atoms with Crippen molar-refractivity contribution in [3.05, 3.63) is 23.8 Å². The Bertz CT molecular complexity index is 638. The van der Waals surface area contributed by atoms with Crippen molar-refractivity contribution in [1.29, 1.82) is 0 Å². The highest BCUT2D eigenvalue weighted by molar-refractivity contribution is 6.01. The van der Waals surface area contributed by atoms with E-state index in [1.165, 1.54) is 13.2 Å². The molecule has 0 saturated carbocycles. The van der Waals surface area contributed by atoms with Gasteiger partial charge in [0.25, 0.3) is 5.91 Å². The number of carboxylic acid groups (broad SMARTS) is 1. The summed E-state index contributed by atoms with van der Waals surface area (Å²) in [6, 6.07) is 3.44. The van der Waals surface area contributed by atoms with Crippen LogP contribution in [-0.2, 0) is 9.59 Å². The maximum absolute atomic E-state index is 12.4. The fourth-order valence-corrected chi connectivity index (χ4v) is 2.45. The van der Waals surface area contributed by atoms with E-state index in [2.05, 4.69) is 6.92 Å². The topological polar surface area (TPSA) is 76.1 Å². The minimum Gasteiger partial charge on any atom is -0.493 e. The van der Waals surface area contributed by atoms with Gasteiger partial charge in [-0.3, -0.25) is 4.79 Å². The summed E-state index contributed by atoms with van der Waals surface area (Å²) < 4.78 is 11.1. The molecule has 0 fully saturated rings. The molecular weight excluding hydrogens is 298 g/mol. The van der Waals surface area contributed by atoms with E-state index in [-0.39, 0.29) is 5.91 Å². The zero-order valence-electron chi connectivity index (χ0n) is 13.5. The van der Waals surface area contributed by atoms with Crippen LogP contribution < -0.4 is 14.4 Å². The third-order valence-corrected chi connectivity index (χ3v) is 3.63. The van der Waals surface area contributed by atoms with Gasteiger partial charge in [-0.1, -0.05) is 13.3 Å². The molecule has 1 heterocycles. The van der Waals surface area contributed by atoms with E-state index in [9.17, 15) is 9.59 Å². The molecule has 1 N–H and O–H groups in total. The first-order valence-electron chi connectivity index (χ1n) is 7.59. The van der Waals surface area contributed by atoms with E-state index < -0.39 is 12.1 Å². The van der Waals surface area contributed by atoms with E-state index in [1.54, 1.807) is 24.0 Å². The van der Waals surface area contributed by atoms with Gasteiger partial charge in [0.2, 0.25) is 0 Å². The molecule has 1 atom stereocenters. The summed E-state index contributed by atoms with van der Waals surface area (Å²) in [5, 5.41) is 8.78. The molecule has 1 aliphatic heterocycles. The quantitative estimate of drug-likeness (QED) is 0.816. The van der Waals surface area contributed by atoms with Crippen molar-refractivity contribution >= 4 is 23.6 Å². The molecule has 0 aliphatic carbocycles. The lowest BCUT2D eigenvalue weighted by atomic mass is 10.1. The largest absolute Gasteiger partial charge is 0.493 e.